The van der Waals surface area contributed by atoms with Crippen LogP contribution >= 0.6 is 23.2 Å². The monoisotopic (exact) mass is 306 g/mol. The molecule has 0 aliphatic rings. The van der Waals surface area contributed by atoms with Crippen LogP contribution in [0.15, 0.2) is 12.1 Å². The van der Waals surface area contributed by atoms with Gasteiger partial charge in [0.25, 0.3) is 5.91 Å². The zero-order valence-corrected chi connectivity index (χ0v) is 11.5. The molecule has 1 aromatic rings. The summed E-state index contributed by atoms with van der Waals surface area (Å²) in [5.41, 5.74) is -0.113. The molecule has 0 saturated heterocycles. The van der Waals surface area contributed by atoms with Crippen LogP contribution in [-0.4, -0.2) is 41.7 Å². The van der Waals surface area contributed by atoms with Crippen molar-refractivity contribution in [1.82, 2.24) is 10.3 Å². The third kappa shape index (κ3) is 4.66. The van der Waals surface area contributed by atoms with Crippen molar-refractivity contribution < 1.29 is 19.4 Å². The zero-order chi connectivity index (χ0) is 14.4. The molecular formula is C11H12Cl2N2O4. The number of rotatable bonds is 6. The van der Waals surface area contributed by atoms with Gasteiger partial charge in [-0.1, -0.05) is 23.2 Å². The number of carbonyl (C=O) groups is 2. The van der Waals surface area contributed by atoms with E-state index in [1.165, 1.54) is 19.2 Å². The second kappa shape index (κ2) is 7.28. The van der Waals surface area contributed by atoms with Crippen molar-refractivity contribution in [3.63, 3.8) is 0 Å². The molecule has 0 bridgehead atoms. The molecule has 1 unspecified atom stereocenters. The third-order valence-electron chi connectivity index (χ3n) is 2.24. The molecule has 8 heteroatoms. The van der Waals surface area contributed by atoms with Gasteiger partial charge < -0.3 is 15.2 Å². The van der Waals surface area contributed by atoms with Gasteiger partial charge in [-0.3, -0.25) is 4.79 Å². The van der Waals surface area contributed by atoms with Gasteiger partial charge in [-0.05, 0) is 12.1 Å². The van der Waals surface area contributed by atoms with Gasteiger partial charge in [-0.15, -0.1) is 0 Å². The summed E-state index contributed by atoms with van der Waals surface area (Å²) in [7, 11) is 1.44. The molecule has 104 valence electrons. The van der Waals surface area contributed by atoms with E-state index >= 15 is 0 Å². The predicted molar refractivity (Wildman–Crippen MR) is 69.6 cm³/mol. The lowest BCUT2D eigenvalue weighted by Crippen LogP contribution is -2.41. The number of amides is 1. The van der Waals surface area contributed by atoms with E-state index in [0.717, 1.165) is 0 Å². The van der Waals surface area contributed by atoms with Gasteiger partial charge in [0.1, 0.15) is 16.9 Å². The van der Waals surface area contributed by atoms with Crippen LogP contribution in [0, 0.1) is 0 Å². The maximum Gasteiger partial charge on any atom is 0.326 e. The molecular weight excluding hydrogens is 295 g/mol. The minimum Gasteiger partial charge on any atom is -0.480 e. The van der Waals surface area contributed by atoms with E-state index in [1.807, 2.05) is 0 Å². The van der Waals surface area contributed by atoms with Crippen molar-refractivity contribution in [3.05, 3.63) is 28.0 Å². The van der Waals surface area contributed by atoms with E-state index in [4.69, 9.17) is 33.0 Å². The number of carboxylic acid groups (broad SMARTS) is 1. The molecule has 1 atom stereocenters. The summed E-state index contributed by atoms with van der Waals surface area (Å²) in [6.07, 6.45) is 0.135. The number of hydrogen-bond donors (Lipinski definition) is 2. The number of aliphatic carboxylic acids is 1. The SMILES string of the molecule is COCCC(NC(=O)c1nc(Cl)ccc1Cl)C(=O)O. The summed E-state index contributed by atoms with van der Waals surface area (Å²) >= 11 is 11.5. The first-order valence-corrected chi connectivity index (χ1v) is 6.06. The molecule has 6 nitrogen and oxygen atoms in total. The van der Waals surface area contributed by atoms with E-state index in [0.29, 0.717) is 0 Å². The van der Waals surface area contributed by atoms with Crippen LogP contribution in [0.3, 0.4) is 0 Å². The average Bonchev–Trinajstić information content (AvgIpc) is 2.36. The molecule has 0 aromatic carbocycles. The number of aromatic nitrogens is 1. The summed E-state index contributed by atoms with van der Waals surface area (Å²) in [6.45, 7) is 0.202. The van der Waals surface area contributed by atoms with Gasteiger partial charge in [-0.25, -0.2) is 9.78 Å². The Labute approximate surface area is 119 Å². The zero-order valence-electron chi connectivity index (χ0n) is 10.0. The molecule has 0 radical (unpaired) electrons. The van der Waals surface area contributed by atoms with Crippen LogP contribution in [0.2, 0.25) is 10.2 Å². The van der Waals surface area contributed by atoms with Crippen LogP contribution in [0.25, 0.3) is 0 Å². The lowest BCUT2D eigenvalue weighted by atomic mass is 10.2. The van der Waals surface area contributed by atoms with Gasteiger partial charge in [0, 0.05) is 20.1 Å². The highest BCUT2D eigenvalue weighted by Gasteiger charge is 2.22. The van der Waals surface area contributed by atoms with Gasteiger partial charge in [-0.2, -0.15) is 0 Å². The number of ether oxygens (including phenoxy) is 1. The van der Waals surface area contributed by atoms with Gasteiger partial charge in [0.2, 0.25) is 0 Å². The van der Waals surface area contributed by atoms with Gasteiger partial charge in [0.15, 0.2) is 0 Å². The van der Waals surface area contributed by atoms with Crippen LogP contribution in [-0.2, 0) is 9.53 Å². The fourth-order valence-electron chi connectivity index (χ4n) is 1.30. The number of nitrogens with one attached hydrogen (secondary N) is 1. The highest BCUT2D eigenvalue weighted by atomic mass is 35.5. The van der Waals surface area contributed by atoms with E-state index in [2.05, 4.69) is 10.3 Å². The lowest BCUT2D eigenvalue weighted by Gasteiger charge is -2.14. The first kappa shape index (κ1) is 15.7. The Bertz CT molecular complexity index is 482. The Morgan fingerprint density at radius 1 is 1.47 bits per heavy atom. The second-order valence-electron chi connectivity index (χ2n) is 3.61. The Morgan fingerprint density at radius 3 is 2.74 bits per heavy atom. The van der Waals surface area contributed by atoms with Crippen LogP contribution in [0.1, 0.15) is 16.9 Å². The van der Waals surface area contributed by atoms with E-state index < -0.39 is 17.9 Å². The molecule has 19 heavy (non-hydrogen) atoms. The lowest BCUT2D eigenvalue weighted by molar-refractivity contribution is -0.139. The normalized spacial score (nSPS) is 11.9. The first-order chi connectivity index (χ1) is 8.95. The maximum absolute atomic E-state index is 11.9. The topological polar surface area (TPSA) is 88.5 Å². The molecule has 0 aliphatic carbocycles. The van der Waals surface area contributed by atoms with Crippen LogP contribution < -0.4 is 5.32 Å². The largest absolute Gasteiger partial charge is 0.480 e. The van der Waals surface area contributed by atoms with Gasteiger partial charge >= 0.3 is 5.97 Å². The maximum atomic E-state index is 11.9. The number of carbonyl (C=O) groups excluding carboxylic acids is 1. The summed E-state index contributed by atoms with van der Waals surface area (Å²) in [6, 6.07) is 1.76. The van der Waals surface area contributed by atoms with E-state index in [1.54, 1.807) is 0 Å². The Hall–Kier alpha value is -1.37. The van der Waals surface area contributed by atoms with Gasteiger partial charge in [0.05, 0.1) is 5.02 Å². The molecule has 0 spiro atoms. The summed E-state index contributed by atoms with van der Waals surface area (Å²) in [5.74, 6) is -1.86. The van der Waals surface area contributed by atoms with Crippen molar-refractivity contribution in [2.75, 3.05) is 13.7 Å². The second-order valence-corrected chi connectivity index (χ2v) is 4.40. The molecule has 1 amide bonds. The highest BCUT2D eigenvalue weighted by molar-refractivity contribution is 6.34. The molecule has 1 aromatic heterocycles. The van der Waals surface area contributed by atoms with Crippen LogP contribution in [0.4, 0.5) is 0 Å². The van der Waals surface area contributed by atoms with Crippen molar-refractivity contribution >= 4 is 35.1 Å². The third-order valence-corrected chi connectivity index (χ3v) is 2.76. The Kier molecular flexibility index (Phi) is 6.01. The number of carboxylic acids is 1. The minimum atomic E-state index is -1.16. The molecule has 1 rings (SSSR count). The molecule has 0 aliphatic heterocycles. The van der Waals surface area contributed by atoms with Crippen LogP contribution in [0.5, 0.6) is 0 Å². The van der Waals surface area contributed by atoms with Crippen molar-refractivity contribution in [3.8, 4) is 0 Å². The highest BCUT2D eigenvalue weighted by Crippen LogP contribution is 2.16. The fourth-order valence-corrected chi connectivity index (χ4v) is 1.64. The van der Waals surface area contributed by atoms with Crippen molar-refractivity contribution in [1.29, 1.82) is 0 Å². The van der Waals surface area contributed by atoms with E-state index in [-0.39, 0.29) is 28.9 Å². The number of pyridine rings is 1. The summed E-state index contributed by atoms with van der Waals surface area (Å²) in [4.78, 5) is 26.6. The number of methoxy groups -OCH3 is 1. The van der Waals surface area contributed by atoms with Crippen molar-refractivity contribution in [2.45, 2.75) is 12.5 Å². The number of nitrogens with zero attached hydrogens (tertiary/aromatic N) is 1. The average molecular weight is 307 g/mol. The standard InChI is InChI=1S/C11H12Cl2N2O4/c1-19-5-4-7(11(17)18)14-10(16)9-6(12)2-3-8(13)15-9/h2-3,7H,4-5H2,1H3,(H,14,16)(H,17,18). The number of halogens is 2. The Balaban J connectivity index is 2.81. The predicted octanol–water partition coefficient (Wildman–Crippen LogP) is 1.61. The molecule has 2 N–H and O–H groups in total. The fraction of sp³-hybridized carbons (Fsp3) is 0.364. The minimum absolute atomic E-state index is 0.0952. The summed E-state index contributed by atoms with van der Waals surface area (Å²) < 4.78 is 4.78. The molecule has 0 saturated carbocycles. The van der Waals surface area contributed by atoms with Crippen molar-refractivity contribution in [2.24, 2.45) is 0 Å². The van der Waals surface area contributed by atoms with E-state index in [9.17, 15) is 9.59 Å². The molecule has 0 fully saturated rings. The Morgan fingerprint density at radius 2 is 2.16 bits per heavy atom. The smallest absolute Gasteiger partial charge is 0.326 e. The number of hydrogen-bond acceptors (Lipinski definition) is 4. The summed E-state index contributed by atoms with van der Waals surface area (Å²) in [5, 5.41) is 11.5. The quantitative estimate of drug-likeness (QED) is 0.779. The first-order valence-electron chi connectivity index (χ1n) is 5.30. The molecule has 1 heterocycles.